The van der Waals surface area contributed by atoms with Crippen molar-refractivity contribution >= 4 is 21.6 Å². The van der Waals surface area contributed by atoms with Gasteiger partial charge < -0.3 is 5.73 Å². The first kappa shape index (κ1) is 10.8. The van der Waals surface area contributed by atoms with Gasteiger partial charge in [-0.3, -0.25) is 4.79 Å². The molecule has 0 bridgehead atoms. The van der Waals surface area contributed by atoms with Gasteiger partial charge in [0.2, 0.25) is 0 Å². The van der Waals surface area contributed by atoms with Crippen LogP contribution in [-0.2, 0) is 0 Å². The lowest BCUT2D eigenvalue weighted by Gasteiger charge is -2.05. The van der Waals surface area contributed by atoms with Crippen LogP contribution in [0.15, 0.2) is 39.7 Å². The molecule has 0 aliphatic carbocycles. The summed E-state index contributed by atoms with van der Waals surface area (Å²) in [4.78, 5) is 11.8. The lowest BCUT2D eigenvalue weighted by molar-refractivity contribution is 0.626. The number of aromatic nitrogens is 2. The molecule has 2 N–H and O–H groups in total. The molecule has 0 saturated heterocycles. The van der Waals surface area contributed by atoms with Crippen LogP contribution in [-0.4, -0.2) is 9.78 Å². The summed E-state index contributed by atoms with van der Waals surface area (Å²) in [5.74, 6) is -0.369. The standard InChI is InChI=1S/C10H7BrFN3O/c11-9-8(13)5-14-15(10(9)16)7-3-1-6(12)2-4-7/h1-5H,13H2. The van der Waals surface area contributed by atoms with Crippen molar-refractivity contribution in [2.45, 2.75) is 0 Å². The van der Waals surface area contributed by atoms with Crippen LogP contribution in [0.2, 0.25) is 0 Å². The molecule has 0 aliphatic rings. The first-order valence-electron chi connectivity index (χ1n) is 4.39. The Morgan fingerprint density at radius 2 is 1.94 bits per heavy atom. The molecule has 16 heavy (non-hydrogen) atoms. The van der Waals surface area contributed by atoms with Crippen LogP contribution in [0.5, 0.6) is 0 Å². The van der Waals surface area contributed by atoms with Crippen molar-refractivity contribution in [3.05, 3.63) is 51.1 Å². The van der Waals surface area contributed by atoms with E-state index in [1.54, 1.807) is 0 Å². The third kappa shape index (κ3) is 1.83. The predicted octanol–water partition coefficient (Wildman–Crippen LogP) is 1.72. The molecular weight excluding hydrogens is 277 g/mol. The van der Waals surface area contributed by atoms with Crippen molar-refractivity contribution in [2.24, 2.45) is 0 Å². The summed E-state index contributed by atoms with van der Waals surface area (Å²) in [5, 5.41) is 3.87. The summed E-state index contributed by atoms with van der Waals surface area (Å²) in [6.45, 7) is 0. The third-order valence-electron chi connectivity index (χ3n) is 2.02. The smallest absolute Gasteiger partial charge is 0.287 e. The SMILES string of the molecule is Nc1cnn(-c2ccc(F)cc2)c(=O)c1Br. The topological polar surface area (TPSA) is 60.9 Å². The van der Waals surface area contributed by atoms with E-state index in [0.29, 0.717) is 5.69 Å². The second kappa shape index (κ2) is 4.05. The van der Waals surface area contributed by atoms with Crippen molar-refractivity contribution in [3.8, 4) is 5.69 Å². The summed E-state index contributed by atoms with van der Waals surface area (Å²) >= 11 is 3.07. The highest BCUT2D eigenvalue weighted by molar-refractivity contribution is 9.10. The van der Waals surface area contributed by atoms with Crippen LogP contribution in [0.3, 0.4) is 0 Å². The molecule has 0 unspecified atom stereocenters. The first-order chi connectivity index (χ1) is 7.59. The maximum atomic E-state index is 12.7. The molecule has 1 heterocycles. The number of hydrogen-bond acceptors (Lipinski definition) is 3. The lowest BCUT2D eigenvalue weighted by Crippen LogP contribution is -2.22. The van der Waals surface area contributed by atoms with Crippen LogP contribution in [0.25, 0.3) is 5.69 Å². The molecule has 0 aliphatic heterocycles. The second-order valence-electron chi connectivity index (χ2n) is 3.11. The van der Waals surface area contributed by atoms with E-state index in [9.17, 15) is 9.18 Å². The summed E-state index contributed by atoms with van der Waals surface area (Å²) in [7, 11) is 0. The average Bonchev–Trinajstić information content (AvgIpc) is 2.28. The number of benzene rings is 1. The van der Waals surface area contributed by atoms with Crippen LogP contribution >= 0.6 is 15.9 Å². The van der Waals surface area contributed by atoms with Gasteiger partial charge in [-0.2, -0.15) is 9.78 Å². The van der Waals surface area contributed by atoms with E-state index in [-0.39, 0.29) is 21.5 Å². The van der Waals surface area contributed by atoms with Crippen molar-refractivity contribution in [1.29, 1.82) is 0 Å². The number of rotatable bonds is 1. The minimum absolute atomic E-state index is 0.242. The maximum absolute atomic E-state index is 12.7. The summed E-state index contributed by atoms with van der Waals surface area (Å²) in [5.41, 5.74) is 5.87. The highest BCUT2D eigenvalue weighted by atomic mass is 79.9. The van der Waals surface area contributed by atoms with E-state index in [2.05, 4.69) is 21.0 Å². The van der Waals surface area contributed by atoms with Gasteiger partial charge in [0.25, 0.3) is 5.56 Å². The van der Waals surface area contributed by atoms with Gasteiger partial charge in [0.15, 0.2) is 0 Å². The number of halogens is 2. The Hall–Kier alpha value is -1.69. The summed E-state index contributed by atoms with van der Waals surface area (Å²) in [6, 6.07) is 5.44. The molecule has 0 radical (unpaired) electrons. The molecule has 0 saturated carbocycles. The molecule has 0 amide bonds. The minimum atomic E-state index is -0.383. The molecular formula is C10H7BrFN3O. The van der Waals surface area contributed by atoms with Gasteiger partial charge in [0.1, 0.15) is 10.3 Å². The van der Waals surface area contributed by atoms with Gasteiger partial charge in [0.05, 0.1) is 17.6 Å². The van der Waals surface area contributed by atoms with Crippen molar-refractivity contribution in [1.82, 2.24) is 9.78 Å². The number of nitrogens with zero attached hydrogens (tertiary/aromatic N) is 2. The zero-order valence-corrected chi connectivity index (χ0v) is 9.61. The van der Waals surface area contributed by atoms with Gasteiger partial charge in [0, 0.05) is 0 Å². The Bertz CT molecular complexity index is 580. The minimum Gasteiger partial charge on any atom is -0.396 e. The van der Waals surface area contributed by atoms with E-state index in [4.69, 9.17) is 5.73 Å². The Morgan fingerprint density at radius 3 is 2.56 bits per heavy atom. The largest absolute Gasteiger partial charge is 0.396 e. The lowest BCUT2D eigenvalue weighted by atomic mass is 10.3. The van der Waals surface area contributed by atoms with Crippen molar-refractivity contribution in [2.75, 3.05) is 5.73 Å². The fourth-order valence-electron chi connectivity index (χ4n) is 1.21. The van der Waals surface area contributed by atoms with Crippen LogP contribution < -0.4 is 11.3 Å². The number of nitrogens with two attached hydrogens (primary N) is 1. The number of nitrogen functional groups attached to an aromatic ring is 1. The third-order valence-corrected chi connectivity index (χ3v) is 2.81. The quantitative estimate of drug-likeness (QED) is 0.867. The fraction of sp³-hybridized carbons (Fsp3) is 0. The number of hydrogen-bond donors (Lipinski definition) is 1. The molecule has 0 atom stereocenters. The molecule has 82 valence electrons. The average molecular weight is 284 g/mol. The zero-order chi connectivity index (χ0) is 11.7. The zero-order valence-electron chi connectivity index (χ0n) is 8.02. The second-order valence-corrected chi connectivity index (χ2v) is 3.90. The van der Waals surface area contributed by atoms with Crippen LogP contribution in [0.4, 0.5) is 10.1 Å². The van der Waals surface area contributed by atoms with E-state index in [1.807, 2.05) is 0 Å². The first-order valence-corrected chi connectivity index (χ1v) is 5.18. The van der Waals surface area contributed by atoms with Crippen molar-refractivity contribution < 1.29 is 4.39 Å². The summed E-state index contributed by atoms with van der Waals surface area (Å²) < 4.78 is 14.1. The van der Waals surface area contributed by atoms with Gasteiger partial charge in [-0.1, -0.05) is 0 Å². The molecule has 1 aromatic carbocycles. The molecule has 0 spiro atoms. The maximum Gasteiger partial charge on any atom is 0.287 e. The highest BCUT2D eigenvalue weighted by Crippen LogP contribution is 2.13. The number of anilines is 1. The Morgan fingerprint density at radius 1 is 1.31 bits per heavy atom. The Labute approximate surface area is 98.6 Å². The van der Waals surface area contributed by atoms with E-state index < -0.39 is 0 Å². The molecule has 6 heteroatoms. The van der Waals surface area contributed by atoms with E-state index in [0.717, 1.165) is 4.68 Å². The molecule has 2 aromatic rings. The van der Waals surface area contributed by atoms with E-state index in [1.165, 1.54) is 30.5 Å². The normalized spacial score (nSPS) is 10.4. The van der Waals surface area contributed by atoms with Gasteiger partial charge in [-0.15, -0.1) is 0 Å². The van der Waals surface area contributed by atoms with Gasteiger partial charge >= 0.3 is 0 Å². The summed E-state index contributed by atoms with van der Waals surface area (Å²) in [6.07, 6.45) is 1.36. The Balaban J connectivity index is 2.61. The Kier molecular flexibility index (Phi) is 2.74. The van der Waals surface area contributed by atoms with Crippen LogP contribution in [0, 0.1) is 5.82 Å². The predicted molar refractivity (Wildman–Crippen MR) is 61.9 cm³/mol. The van der Waals surface area contributed by atoms with Gasteiger partial charge in [-0.05, 0) is 40.2 Å². The molecule has 1 aromatic heterocycles. The highest BCUT2D eigenvalue weighted by Gasteiger charge is 2.07. The van der Waals surface area contributed by atoms with Gasteiger partial charge in [-0.25, -0.2) is 4.39 Å². The monoisotopic (exact) mass is 283 g/mol. The molecule has 4 nitrogen and oxygen atoms in total. The molecule has 2 rings (SSSR count). The van der Waals surface area contributed by atoms with Crippen LogP contribution in [0.1, 0.15) is 0 Å². The fourth-order valence-corrected chi connectivity index (χ4v) is 1.48. The van der Waals surface area contributed by atoms with Crippen molar-refractivity contribution in [3.63, 3.8) is 0 Å². The van der Waals surface area contributed by atoms with E-state index >= 15 is 0 Å². The molecule has 0 fully saturated rings.